The van der Waals surface area contributed by atoms with Crippen molar-refractivity contribution in [3.8, 4) is 0 Å². The van der Waals surface area contributed by atoms with Gasteiger partial charge in [-0.3, -0.25) is 14.5 Å². The summed E-state index contributed by atoms with van der Waals surface area (Å²) in [6.07, 6.45) is 4.53. The molecule has 1 unspecified atom stereocenters. The fraction of sp³-hybridized carbons (Fsp3) is 0.619. The lowest BCUT2D eigenvalue weighted by Crippen LogP contribution is -2.58. The standard InChI is InChI=1S/C21H29Cl2N3O3/c1-29-13-8-24-20(27)19(15-4-2-3-5-15)25-9-11-26(12-10-25)21(28)17-7-6-16(22)14-18(17)23/h6-7,14-15,19H,2-5,8-13H2,1H3,(H,24,27). The zero-order valence-corrected chi connectivity index (χ0v) is 18.3. The molecule has 6 nitrogen and oxygen atoms in total. The molecule has 29 heavy (non-hydrogen) atoms. The Morgan fingerprint density at radius 3 is 2.48 bits per heavy atom. The van der Waals surface area contributed by atoms with Crippen LogP contribution in [0.25, 0.3) is 0 Å². The Bertz CT molecular complexity index is 717. The number of carbonyl (C=O) groups is 2. The Balaban J connectivity index is 1.63. The summed E-state index contributed by atoms with van der Waals surface area (Å²) < 4.78 is 5.05. The van der Waals surface area contributed by atoms with Crippen LogP contribution in [0.4, 0.5) is 0 Å². The quantitative estimate of drug-likeness (QED) is 0.660. The zero-order valence-electron chi connectivity index (χ0n) is 16.8. The number of ether oxygens (including phenoxy) is 1. The smallest absolute Gasteiger partial charge is 0.255 e. The van der Waals surface area contributed by atoms with Gasteiger partial charge in [0.15, 0.2) is 0 Å². The second kappa shape index (κ2) is 10.6. The molecule has 1 aromatic rings. The van der Waals surface area contributed by atoms with Gasteiger partial charge in [0.1, 0.15) is 0 Å². The molecule has 3 rings (SSSR count). The van der Waals surface area contributed by atoms with E-state index in [1.807, 2.05) is 0 Å². The third-order valence-electron chi connectivity index (χ3n) is 5.88. The number of carbonyl (C=O) groups excluding carboxylic acids is 2. The van der Waals surface area contributed by atoms with Crippen molar-refractivity contribution in [2.24, 2.45) is 5.92 Å². The van der Waals surface area contributed by atoms with Crippen molar-refractivity contribution >= 4 is 35.0 Å². The van der Waals surface area contributed by atoms with Crippen LogP contribution in [0.5, 0.6) is 0 Å². The monoisotopic (exact) mass is 441 g/mol. The summed E-state index contributed by atoms with van der Waals surface area (Å²) in [6.45, 7) is 3.53. The summed E-state index contributed by atoms with van der Waals surface area (Å²) >= 11 is 12.1. The van der Waals surface area contributed by atoms with Crippen molar-refractivity contribution < 1.29 is 14.3 Å². The fourth-order valence-corrected chi connectivity index (χ4v) is 4.86. The molecule has 0 spiro atoms. The minimum atomic E-state index is -0.134. The van der Waals surface area contributed by atoms with Gasteiger partial charge in [0.25, 0.3) is 5.91 Å². The van der Waals surface area contributed by atoms with Crippen LogP contribution in [0.2, 0.25) is 10.0 Å². The van der Waals surface area contributed by atoms with E-state index in [0.29, 0.717) is 60.9 Å². The van der Waals surface area contributed by atoms with E-state index in [0.717, 1.165) is 12.8 Å². The summed E-state index contributed by atoms with van der Waals surface area (Å²) in [7, 11) is 1.63. The highest BCUT2D eigenvalue weighted by Gasteiger charge is 2.37. The first-order valence-corrected chi connectivity index (χ1v) is 11.0. The Labute approximate surface area is 182 Å². The molecule has 1 saturated carbocycles. The minimum Gasteiger partial charge on any atom is -0.383 e. The molecule has 2 aliphatic rings. The van der Waals surface area contributed by atoms with Crippen LogP contribution in [0.3, 0.4) is 0 Å². The molecule has 0 bridgehead atoms. The fourth-order valence-electron chi connectivity index (χ4n) is 4.37. The lowest BCUT2D eigenvalue weighted by atomic mass is 9.95. The predicted molar refractivity (Wildman–Crippen MR) is 115 cm³/mol. The predicted octanol–water partition coefficient (Wildman–Crippen LogP) is 3.07. The Hall–Kier alpha value is -1.34. The summed E-state index contributed by atoms with van der Waals surface area (Å²) in [5, 5.41) is 3.89. The number of methoxy groups -OCH3 is 1. The molecule has 1 atom stereocenters. The van der Waals surface area contributed by atoms with Crippen LogP contribution in [0, 0.1) is 5.92 Å². The van der Waals surface area contributed by atoms with Crippen LogP contribution in [-0.2, 0) is 9.53 Å². The first kappa shape index (κ1) is 22.3. The van der Waals surface area contributed by atoms with E-state index in [1.54, 1.807) is 30.2 Å². The molecule has 160 valence electrons. The van der Waals surface area contributed by atoms with Gasteiger partial charge < -0.3 is 15.0 Å². The number of piperazine rings is 1. The van der Waals surface area contributed by atoms with Gasteiger partial charge in [-0.2, -0.15) is 0 Å². The molecule has 0 radical (unpaired) electrons. The van der Waals surface area contributed by atoms with Crippen molar-refractivity contribution in [2.45, 2.75) is 31.7 Å². The van der Waals surface area contributed by atoms with Crippen molar-refractivity contribution in [2.75, 3.05) is 46.4 Å². The summed E-state index contributed by atoms with van der Waals surface area (Å²) in [4.78, 5) is 29.8. The lowest BCUT2D eigenvalue weighted by Gasteiger charge is -2.40. The molecule has 1 heterocycles. The van der Waals surface area contributed by atoms with Crippen LogP contribution in [-0.4, -0.2) is 74.1 Å². The largest absolute Gasteiger partial charge is 0.383 e. The highest BCUT2D eigenvalue weighted by Crippen LogP contribution is 2.31. The molecule has 0 aromatic heterocycles. The van der Waals surface area contributed by atoms with Gasteiger partial charge in [0.05, 0.1) is 23.2 Å². The average Bonchev–Trinajstić information content (AvgIpc) is 3.23. The molecular formula is C21H29Cl2N3O3. The topological polar surface area (TPSA) is 61.9 Å². The normalized spacial score (nSPS) is 19.3. The Morgan fingerprint density at radius 2 is 1.86 bits per heavy atom. The molecule has 1 aromatic carbocycles. The molecule has 2 amide bonds. The average molecular weight is 442 g/mol. The van der Waals surface area contributed by atoms with Crippen molar-refractivity contribution in [1.29, 1.82) is 0 Å². The van der Waals surface area contributed by atoms with Crippen molar-refractivity contribution in [3.05, 3.63) is 33.8 Å². The van der Waals surface area contributed by atoms with E-state index < -0.39 is 0 Å². The van der Waals surface area contributed by atoms with Crippen LogP contribution in [0.1, 0.15) is 36.0 Å². The number of hydrogen-bond acceptors (Lipinski definition) is 4. The highest BCUT2D eigenvalue weighted by molar-refractivity contribution is 6.36. The molecular weight excluding hydrogens is 413 g/mol. The van der Waals surface area contributed by atoms with E-state index in [4.69, 9.17) is 27.9 Å². The van der Waals surface area contributed by atoms with Gasteiger partial charge in [0, 0.05) is 44.9 Å². The SMILES string of the molecule is COCCNC(=O)C(C1CCCC1)N1CCN(C(=O)c2ccc(Cl)cc2Cl)CC1. The molecule has 1 saturated heterocycles. The van der Waals surface area contributed by atoms with Gasteiger partial charge in [-0.05, 0) is 37.0 Å². The summed E-state index contributed by atoms with van der Waals surface area (Å²) in [6, 6.07) is 4.81. The summed E-state index contributed by atoms with van der Waals surface area (Å²) in [5.74, 6) is 0.369. The molecule has 1 aliphatic heterocycles. The molecule has 2 fully saturated rings. The molecule has 1 aliphatic carbocycles. The van der Waals surface area contributed by atoms with E-state index in [2.05, 4.69) is 10.2 Å². The maximum absolute atomic E-state index is 12.9. The number of nitrogens with zero attached hydrogens (tertiary/aromatic N) is 2. The van der Waals surface area contributed by atoms with E-state index in [-0.39, 0.29) is 17.9 Å². The van der Waals surface area contributed by atoms with Gasteiger partial charge in [-0.25, -0.2) is 0 Å². The van der Waals surface area contributed by atoms with E-state index in [1.165, 1.54) is 12.8 Å². The van der Waals surface area contributed by atoms with Crippen LogP contribution >= 0.6 is 23.2 Å². The first-order chi connectivity index (χ1) is 14.0. The first-order valence-electron chi connectivity index (χ1n) is 10.3. The van der Waals surface area contributed by atoms with Crippen LogP contribution in [0.15, 0.2) is 18.2 Å². The lowest BCUT2D eigenvalue weighted by molar-refractivity contribution is -0.129. The maximum atomic E-state index is 12.9. The number of hydrogen-bond donors (Lipinski definition) is 1. The molecule has 1 N–H and O–H groups in total. The van der Waals surface area contributed by atoms with Crippen molar-refractivity contribution in [1.82, 2.24) is 15.1 Å². The van der Waals surface area contributed by atoms with Crippen molar-refractivity contribution in [3.63, 3.8) is 0 Å². The third-order valence-corrected chi connectivity index (χ3v) is 6.42. The van der Waals surface area contributed by atoms with Crippen LogP contribution < -0.4 is 5.32 Å². The Kier molecular flexibility index (Phi) is 8.18. The van der Waals surface area contributed by atoms with Gasteiger partial charge in [-0.1, -0.05) is 36.0 Å². The summed E-state index contributed by atoms with van der Waals surface area (Å²) in [5.41, 5.74) is 0.467. The van der Waals surface area contributed by atoms with E-state index in [9.17, 15) is 9.59 Å². The highest BCUT2D eigenvalue weighted by atomic mass is 35.5. The maximum Gasteiger partial charge on any atom is 0.255 e. The van der Waals surface area contributed by atoms with Gasteiger partial charge in [-0.15, -0.1) is 0 Å². The Morgan fingerprint density at radius 1 is 1.17 bits per heavy atom. The zero-order chi connectivity index (χ0) is 20.8. The number of amides is 2. The van der Waals surface area contributed by atoms with Gasteiger partial charge in [0.2, 0.25) is 5.91 Å². The number of rotatable bonds is 7. The minimum absolute atomic E-state index is 0.0782. The number of nitrogens with one attached hydrogen (secondary N) is 1. The number of benzene rings is 1. The second-order valence-electron chi connectivity index (χ2n) is 7.73. The third kappa shape index (κ3) is 5.63. The number of halogens is 2. The molecule has 8 heteroatoms. The second-order valence-corrected chi connectivity index (χ2v) is 8.57. The van der Waals surface area contributed by atoms with E-state index >= 15 is 0 Å². The van der Waals surface area contributed by atoms with Gasteiger partial charge >= 0.3 is 0 Å².